The molecule has 1 heterocycles. The molecule has 140 valence electrons. The Labute approximate surface area is 154 Å². The summed E-state index contributed by atoms with van der Waals surface area (Å²) < 4.78 is 39.3. The van der Waals surface area contributed by atoms with Gasteiger partial charge in [0.1, 0.15) is 0 Å². The summed E-state index contributed by atoms with van der Waals surface area (Å²) in [4.78, 5) is 6.14. The lowest BCUT2D eigenvalue weighted by atomic mass is 10.1. The quantitative estimate of drug-likeness (QED) is 0.688. The van der Waals surface area contributed by atoms with Crippen LogP contribution < -0.4 is 15.5 Å². The van der Waals surface area contributed by atoms with Crippen LogP contribution in [-0.2, 0) is 6.18 Å². The highest BCUT2D eigenvalue weighted by Crippen LogP contribution is 2.35. The van der Waals surface area contributed by atoms with Gasteiger partial charge in [0.25, 0.3) is 0 Å². The molecule has 9 heteroatoms. The van der Waals surface area contributed by atoms with E-state index in [1.54, 1.807) is 0 Å². The van der Waals surface area contributed by atoms with Crippen molar-refractivity contribution in [2.75, 3.05) is 29.6 Å². The van der Waals surface area contributed by atoms with Crippen LogP contribution in [0.1, 0.15) is 5.56 Å². The number of benzene rings is 2. The van der Waals surface area contributed by atoms with Crippen LogP contribution in [0.5, 0.6) is 0 Å². The van der Waals surface area contributed by atoms with E-state index in [2.05, 4.69) is 25.8 Å². The number of anilines is 5. The Hall–Kier alpha value is -3.36. The molecule has 0 aliphatic rings. The molecule has 0 aliphatic heterocycles. The van der Waals surface area contributed by atoms with Gasteiger partial charge in [-0.25, -0.2) is 0 Å². The molecule has 0 saturated carbocycles. The first-order valence-electron chi connectivity index (χ1n) is 8.00. The standard InChI is InChI=1S/C18H17F3N6/c1-27(2)13-9-7-12(8-10-13)23-16-11-22-26-17(25-16)24-15-6-4-3-5-14(15)18(19,20)21/h3-11H,1-2H3,(H2,23,24,25,26). The molecule has 6 nitrogen and oxygen atoms in total. The first-order chi connectivity index (χ1) is 12.8. The van der Waals surface area contributed by atoms with Gasteiger partial charge >= 0.3 is 6.18 Å². The molecular weight excluding hydrogens is 357 g/mol. The van der Waals surface area contributed by atoms with Crippen molar-refractivity contribution in [2.24, 2.45) is 0 Å². The second-order valence-corrected chi connectivity index (χ2v) is 5.90. The van der Waals surface area contributed by atoms with E-state index in [0.29, 0.717) is 5.82 Å². The molecule has 0 amide bonds. The Balaban J connectivity index is 1.79. The molecule has 0 unspecified atom stereocenters. The Kier molecular flexibility index (Phi) is 5.11. The topological polar surface area (TPSA) is 66.0 Å². The number of rotatable bonds is 5. The van der Waals surface area contributed by atoms with Crippen molar-refractivity contribution in [1.29, 1.82) is 0 Å². The lowest BCUT2D eigenvalue weighted by Crippen LogP contribution is -2.10. The maximum atomic E-state index is 13.1. The van der Waals surface area contributed by atoms with E-state index in [-0.39, 0.29) is 11.6 Å². The van der Waals surface area contributed by atoms with Crippen molar-refractivity contribution >= 4 is 28.8 Å². The summed E-state index contributed by atoms with van der Waals surface area (Å²) in [5.74, 6) is 0.316. The summed E-state index contributed by atoms with van der Waals surface area (Å²) in [6, 6.07) is 12.7. The zero-order valence-electron chi connectivity index (χ0n) is 14.6. The molecule has 0 fully saturated rings. The van der Waals surface area contributed by atoms with Gasteiger partial charge in [0, 0.05) is 25.5 Å². The van der Waals surface area contributed by atoms with Gasteiger partial charge in [0.05, 0.1) is 17.4 Å². The van der Waals surface area contributed by atoms with Crippen LogP contribution >= 0.6 is 0 Å². The first kappa shape index (κ1) is 18.4. The fraction of sp³-hybridized carbons (Fsp3) is 0.167. The lowest BCUT2D eigenvalue weighted by Gasteiger charge is -2.14. The van der Waals surface area contributed by atoms with E-state index in [0.717, 1.165) is 17.4 Å². The van der Waals surface area contributed by atoms with E-state index in [4.69, 9.17) is 0 Å². The molecule has 0 radical (unpaired) electrons. The first-order valence-corrected chi connectivity index (χ1v) is 8.00. The Morgan fingerprint density at radius 1 is 0.926 bits per heavy atom. The molecule has 1 aromatic heterocycles. The highest BCUT2D eigenvalue weighted by molar-refractivity contribution is 5.63. The van der Waals surface area contributed by atoms with Gasteiger partial charge < -0.3 is 15.5 Å². The SMILES string of the molecule is CN(C)c1ccc(Nc2cnnc(Nc3ccccc3C(F)(F)F)n2)cc1. The van der Waals surface area contributed by atoms with Crippen LogP contribution in [0.15, 0.2) is 54.7 Å². The van der Waals surface area contributed by atoms with Crippen LogP contribution in [0.3, 0.4) is 0 Å². The van der Waals surface area contributed by atoms with Gasteiger partial charge in [-0.05, 0) is 36.4 Å². The largest absolute Gasteiger partial charge is 0.418 e. The number of alkyl halides is 3. The zero-order chi connectivity index (χ0) is 19.4. The maximum absolute atomic E-state index is 13.1. The Bertz CT molecular complexity index is 909. The minimum absolute atomic E-state index is 0.0402. The van der Waals surface area contributed by atoms with Gasteiger partial charge in [-0.2, -0.15) is 23.3 Å². The second kappa shape index (κ2) is 7.48. The number of nitrogens with one attached hydrogen (secondary N) is 2. The van der Waals surface area contributed by atoms with E-state index in [1.165, 1.54) is 24.4 Å². The summed E-state index contributed by atoms with van der Waals surface area (Å²) in [6.45, 7) is 0. The van der Waals surface area contributed by atoms with Crippen molar-refractivity contribution in [2.45, 2.75) is 6.18 Å². The van der Waals surface area contributed by atoms with Crippen molar-refractivity contribution in [3.63, 3.8) is 0 Å². The van der Waals surface area contributed by atoms with Gasteiger partial charge in [-0.1, -0.05) is 12.1 Å². The molecule has 0 atom stereocenters. The predicted octanol–water partition coefficient (Wildman–Crippen LogP) is 4.44. The van der Waals surface area contributed by atoms with Crippen molar-refractivity contribution in [3.8, 4) is 0 Å². The minimum Gasteiger partial charge on any atom is -0.378 e. The average Bonchev–Trinajstić information content (AvgIpc) is 2.62. The summed E-state index contributed by atoms with van der Waals surface area (Å²) >= 11 is 0. The van der Waals surface area contributed by atoms with E-state index in [9.17, 15) is 13.2 Å². The summed E-state index contributed by atoms with van der Waals surface area (Å²) in [5.41, 5.74) is 0.862. The minimum atomic E-state index is -4.49. The molecule has 0 saturated heterocycles. The van der Waals surface area contributed by atoms with Crippen LogP contribution in [-0.4, -0.2) is 29.3 Å². The molecule has 2 N–H and O–H groups in total. The number of halogens is 3. The predicted molar refractivity (Wildman–Crippen MR) is 98.6 cm³/mol. The van der Waals surface area contributed by atoms with E-state index in [1.807, 2.05) is 43.3 Å². The van der Waals surface area contributed by atoms with Gasteiger partial charge in [0.15, 0.2) is 5.82 Å². The highest BCUT2D eigenvalue weighted by Gasteiger charge is 2.33. The third kappa shape index (κ3) is 4.63. The average molecular weight is 374 g/mol. The smallest absolute Gasteiger partial charge is 0.378 e. The lowest BCUT2D eigenvalue weighted by molar-refractivity contribution is -0.136. The number of hydrogen-bond donors (Lipinski definition) is 2. The van der Waals surface area contributed by atoms with Crippen LogP contribution in [0.2, 0.25) is 0 Å². The molecule has 0 aliphatic carbocycles. The van der Waals surface area contributed by atoms with Crippen LogP contribution in [0.4, 0.5) is 42.0 Å². The van der Waals surface area contributed by atoms with Gasteiger partial charge in [0.2, 0.25) is 5.95 Å². The third-order valence-electron chi connectivity index (χ3n) is 3.69. The molecule has 2 aromatic carbocycles. The van der Waals surface area contributed by atoms with Crippen LogP contribution in [0, 0.1) is 0 Å². The molecule has 3 rings (SSSR count). The number of nitrogens with zero attached hydrogens (tertiary/aromatic N) is 4. The summed E-state index contributed by atoms with van der Waals surface area (Å²) in [6.07, 6.45) is -3.10. The molecular formula is C18H17F3N6. The third-order valence-corrected chi connectivity index (χ3v) is 3.69. The highest BCUT2D eigenvalue weighted by atomic mass is 19.4. The normalized spacial score (nSPS) is 11.1. The molecule has 27 heavy (non-hydrogen) atoms. The van der Waals surface area contributed by atoms with Gasteiger partial charge in [-0.3, -0.25) is 0 Å². The van der Waals surface area contributed by atoms with Crippen molar-refractivity contribution in [1.82, 2.24) is 15.2 Å². The molecule has 0 bridgehead atoms. The van der Waals surface area contributed by atoms with Crippen molar-refractivity contribution < 1.29 is 13.2 Å². The zero-order valence-corrected chi connectivity index (χ0v) is 14.6. The van der Waals surface area contributed by atoms with Crippen LogP contribution in [0.25, 0.3) is 0 Å². The maximum Gasteiger partial charge on any atom is 0.418 e. The second-order valence-electron chi connectivity index (χ2n) is 5.90. The van der Waals surface area contributed by atoms with Gasteiger partial charge in [-0.15, -0.1) is 5.10 Å². The fourth-order valence-electron chi connectivity index (χ4n) is 2.37. The summed E-state index contributed by atoms with van der Waals surface area (Å²) in [5, 5.41) is 13.2. The Morgan fingerprint density at radius 2 is 1.63 bits per heavy atom. The van der Waals surface area contributed by atoms with Crippen molar-refractivity contribution in [3.05, 3.63) is 60.3 Å². The fourth-order valence-corrected chi connectivity index (χ4v) is 2.37. The number of aromatic nitrogens is 3. The summed E-state index contributed by atoms with van der Waals surface area (Å²) in [7, 11) is 3.88. The number of hydrogen-bond acceptors (Lipinski definition) is 6. The Morgan fingerprint density at radius 3 is 2.30 bits per heavy atom. The van der Waals surface area contributed by atoms with E-state index >= 15 is 0 Å². The molecule has 0 spiro atoms. The van der Waals surface area contributed by atoms with E-state index < -0.39 is 11.7 Å². The monoisotopic (exact) mass is 374 g/mol. The number of para-hydroxylation sites is 1. The molecule has 3 aromatic rings.